The summed E-state index contributed by atoms with van der Waals surface area (Å²) in [5, 5.41) is 7.65. The number of hydrogen-bond donors (Lipinski definition) is 1. The number of rotatable bonds is 2. The molecule has 0 saturated heterocycles. The van der Waals surface area contributed by atoms with Crippen molar-refractivity contribution in [2.24, 2.45) is 0 Å². The number of H-pyrrole nitrogens is 1. The fraction of sp³-hybridized carbons (Fsp3) is 0. The van der Waals surface area contributed by atoms with E-state index >= 15 is 0 Å². The minimum atomic E-state index is 0.666. The third kappa shape index (κ3) is 2.76. The molecule has 156 valence electrons. The molecule has 0 radical (unpaired) electrons. The lowest BCUT2D eigenvalue weighted by Gasteiger charge is -2.10. The molecule has 6 heteroatoms. The number of fused-ring (bicyclic) bond motifs is 5. The van der Waals surface area contributed by atoms with Gasteiger partial charge in [0, 0.05) is 27.6 Å². The Balaban J connectivity index is 1.56. The zero-order valence-electron chi connectivity index (χ0n) is 17.3. The van der Waals surface area contributed by atoms with Crippen LogP contribution in [0.1, 0.15) is 0 Å². The standard InChI is InChI=1S/C27H16ClN5/c28-17-9-10-19-23(14-17)29-12-11-25(19)33-27-18-6-2-1-5-16(18)13-20(27)26(32-33)24-15-30-21-7-3-4-8-22(21)31-24/h1-15,32H. The number of hydrogen-bond acceptors (Lipinski definition) is 3. The van der Waals surface area contributed by atoms with Crippen molar-refractivity contribution in [3.63, 3.8) is 0 Å². The molecule has 0 fully saturated rings. The lowest BCUT2D eigenvalue weighted by molar-refractivity contribution is 0.903. The van der Waals surface area contributed by atoms with E-state index in [0.717, 1.165) is 50.3 Å². The summed E-state index contributed by atoms with van der Waals surface area (Å²) < 4.78 is 2.13. The second-order valence-electron chi connectivity index (χ2n) is 8.05. The maximum atomic E-state index is 6.23. The molecule has 1 aliphatic heterocycles. The van der Waals surface area contributed by atoms with Crippen LogP contribution < -0.4 is 0 Å². The number of pyridine rings is 1. The number of halogens is 1. The van der Waals surface area contributed by atoms with E-state index in [1.165, 1.54) is 10.8 Å². The topological polar surface area (TPSA) is 59.4 Å². The summed E-state index contributed by atoms with van der Waals surface area (Å²) in [6.07, 6.45) is 3.65. The maximum absolute atomic E-state index is 6.23. The van der Waals surface area contributed by atoms with E-state index in [9.17, 15) is 0 Å². The smallest absolute Gasteiger partial charge is 0.108 e. The van der Waals surface area contributed by atoms with Crippen LogP contribution in [0.2, 0.25) is 5.02 Å². The number of nitrogens with zero attached hydrogens (tertiary/aromatic N) is 4. The van der Waals surface area contributed by atoms with Crippen LogP contribution in [0.4, 0.5) is 0 Å². The molecule has 1 N–H and O–H groups in total. The average Bonchev–Trinajstić information content (AvgIpc) is 3.41. The third-order valence-electron chi connectivity index (χ3n) is 6.11. The summed E-state index contributed by atoms with van der Waals surface area (Å²) in [6.45, 7) is 0. The average molecular weight is 446 g/mol. The highest BCUT2D eigenvalue weighted by Gasteiger charge is 2.24. The van der Waals surface area contributed by atoms with E-state index in [1.54, 1.807) is 0 Å². The second-order valence-corrected chi connectivity index (χ2v) is 8.49. The fourth-order valence-electron chi connectivity index (χ4n) is 4.62. The molecule has 33 heavy (non-hydrogen) atoms. The van der Waals surface area contributed by atoms with Crippen LogP contribution in [0.5, 0.6) is 0 Å². The first kappa shape index (κ1) is 18.4. The lowest BCUT2D eigenvalue weighted by Crippen LogP contribution is -2.00. The van der Waals surface area contributed by atoms with Gasteiger partial charge in [-0.2, -0.15) is 0 Å². The molecule has 3 aromatic carbocycles. The van der Waals surface area contributed by atoms with Gasteiger partial charge in [-0.15, -0.1) is 0 Å². The first-order valence-electron chi connectivity index (χ1n) is 10.7. The Morgan fingerprint density at radius 2 is 1.61 bits per heavy atom. The molecular formula is C27H16ClN5. The van der Waals surface area contributed by atoms with Gasteiger partial charge in [0.1, 0.15) is 5.69 Å². The van der Waals surface area contributed by atoms with Crippen molar-refractivity contribution in [3.8, 4) is 28.3 Å². The Hall–Kier alpha value is -4.22. The number of aromatic amines is 1. The van der Waals surface area contributed by atoms with Crippen LogP contribution in [-0.4, -0.2) is 24.7 Å². The summed E-state index contributed by atoms with van der Waals surface area (Å²) in [5.74, 6) is 0. The van der Waals surface area contributed by atoms with E-state index in [2.05, 4.69) is 50.1 Å². The van der Waals surface area contributed by atoms with Gasteiger partial charge in [-0.3, -0.25) is 19.7 Å². The van der Waals surface area contributed by atoms with Crippen LogP contribution in [0.3, 0.4) is 0 Å². The van der Waals surface area contributed by atoms with E-state index in [1.807, 2.05) is 60.9 Å². The van der Waals surface area contributed by atoms with E-state index in [4.69, 9.17) is 16.6 Å². The van der Waals surface area contributed by atoms with Gasteiger partial charge in [0.2, 0.25) is 0 Å². The van der Waals surface area contributed by atoms with Gasteiger partial charge in [-0.1, -0.05) is 48.0 Å². The van der Waals surface area contributed by atoms with Crippen LogP contribution in [0, 0.1) is 0 Å². The van der Waals surface area contributed by atoms with Crippen molar-refractivity contribution in [1.82, 2.24) is 24.7 Å². The molecule has 0 saturated carbocycles. The molecule has 0 amide bonds. The largest absolute Gasteiger partial charge is 0.291 e. The van der Waals surface area contributed by atoms with Crippen LogP contribution in [0.15, 0.2) is 91.3 Å². The van der Waals surface area contributed by atoms with Crippen LogP contribution >= 0.6 is 11.6 Å². The SMILES string of the molecule is Clc1ccc2c(-n3[nH]c(-c4cnc5ccccc5n4)c4cc5ccccc5c3-4)ccnc2c1. The molecule has 0 atom stereocenters. The van der Waals surface area contributed by atoms with Gasteiger partial charge in [-0.25, -0.2) is 4.98 Å². The minimum absolute atomic E-state index is 0.666. The van der Waals surface area contributed by atoms with Crippen molar-refractivity contribution in [3.05, 3.63) is 96.3 Å². The lowest BCUT2D eigenvalue weighted by atomic mass is 10.1. The number of para-hydroxylation sites is 2. The molecule has 1 aliphatic carbocycles. The molecule has 0 spiro atoms. The zero-order chi connectivity index (χ0) is 21.9. The van der Waals surface area contributed by atoms with Crippen molar-refractivity contribution in [1.29, 1.82) is 0 Å². The van der Waals surface area contributed by atoms with Crippen molar-refractivity contribution in [2.45, 2.75) is 0 Å². The molecular weight excluding hydrogens is 430 g/mol. The van der Waals surface area contributed by atoms with E-state index in [0.29, 0.717) is 5.02 Å². The highest BCUT2D eigenvalue weighted by atomic mass is 35.5. The summed E-state index contributed by atoms with van der Waals surface area (Å²) in [5.41, 5.74) is 7.51. The van der Waals surface area contributed by atoms with Gasteiger partial charge in [0.05, 0.1) is 39.8 Å². The van der Waals surface area contributed by atoms with Gasteiger partial charge in [-0.05, 0) is 47.9 Å². The van der Waals surface area contributed by atoms with Crippen molar-refractivity contribution >= 4 is 44.3 Å². The minimum Gasteiger partial charge on any atom is -0.291 e. The normalized spacial score (nSPS) is 11.8. The van der Waals surface area contributed by atoms with Gasteiger partial charge < -0.3 is 0 Å². The van der Waals surface area contributed by atoms with Crippen molar-refractivity contribution in [2.75, 3.05) is 0 Å². The Kier molecular flexibility index (Phi) is 3.83. The maximum Gasteiger partial charge on any atom is 0.108 e. The third-order valence-corrected chi connectivity index (χ3v) is 6.35. The summed E-state index contributed by atoms with van der Waals surface area (Å²) in [7, 11) is 0. The predicted octanol–water partition coefficient (Wildman–Crippen LogP) is 6.88. The van der Waals surface area contributed by atoms with Crippen LogP contribution in [-0.2, 0) is 0 Å². The molecule has 3 heterocycles. The van der Waals surface area contributed by atoms with Gasteiger partial charge in [0.15, 0.2) is 0 Å². The predicted molar refractivity (Wildman–Crippen MR) is 133 cm³/mol. The zero-order valence-corrected chi connectivity index (χ0v) is 18.1. The summed E-state index contributed by atoms with van der Waals surface area (Å²) in [4.78, 5) is 14.1. The van der Waals surface area contributed by atoms with Crippen LogP contribution in [0.25, 0.3) is 61.0 Å². The van der Waals surface area contributed by atoms with Gasteiger partial charge in [0.25, 0.3) is 0 Å². The molecule has 0 unspecified atom stereocenters. The monoisotopic (exact) mass is 445 g/mol. The molecule has 0 bridgehead atoms. The number of aromatic nitrogens is 5. The van der Waals surface area contributed by atoms with E-state index < -0.39 is 0 Å². The summed E-state index contributed by atoms with van der Waals surface area (Å²) in [6, 6.07) is 26.4. The molecule has 7 rings (SSSR count). The number of benzene rings is 3. The fourth-order valence-corrected chi connectivity index (χ4v) is 4.79. The Bertz CT molecular complexity index is 1800. The Morgan fingerprint density at radius 3 is 2.55 bits per heavy atom. The van der Waals surface area contributed by atoms with Gasteiger partial charge >= 0.3 is 0 Å². The molecule has 5 aromatic rings. The van der Waals surface area contributed by atoms with E-state index in [-0.39, 0.29) is 0 Å². The first-order chi connectivity index (χ1) is 16.3. The van der Waals surface area contributed by atoms with Crippen molar-refractivity contribution < 1.29 is 0 Å². The quantitative estimate of drug-likeness (QED) is 0.315. The second kappa shape index (κ2) is 6.89. The summed E-state index contributed by atoms with van der Waals surface area (Å²) >= 11 is 6.23. The number of nitrogens with one attached hydrogen (secondary N) is 1. The molecule has 2 aromatic heterocycles. The first-order valence-corrected chi connectivity index (χ1v) is 11.0. The molecule has 5 nitrogen and oxygen atoms in total. The highest BCUT2D eigenvalue weighted by molar-refractivity contribution is 6.31. The Morgan fingerprint density at radius 1 is 0.758 bits per heavy atom. The Labute approximate surface area is 193 Å². The highest BCUT2D eigenvalue weighted by Crippen LogP contribution is 2.42. The molecule has 2 aliphatic rings.